The molecular weight excluding hydrogens is 324 g/mol. The molecule has 2 heterocycles. The van der Waals surface area contributed by atoms with Crippen LogP contribution < -0.4 is 10.1 Å². The number of nitrogens with zero attached hydrogens (tertiary/aromatic N) is 3. The third-order valence-corrected chi connectivity index (χ3v) is 3.51. The first-order valence-corrected chi connectivity index (χ1v) is 7.31. The Balaban J connectivity index is 1.53. The molecule has 1 saturated carbocycles. The lowest BCUT2D eigenvalue weighted by molar-refractivity contribution is -0.0528. The average Bonchev–Trinajstić information content (AvgIpc) is 3.30. The number of hydrogen-bond acceptors (Lipinski definition) is 6. The van der Waals surface area contributed by atoms with Crippen LogP contribution in [0, 0.1) is 5.92 Å². The second kappa shape index (κ2) is 6.87. The first-order valence-electron chi connectivity index (χ1n) is 7.31. The Morgan fingerprint density at radius 3 is 2.88 bits per heavy atom. The molecule has 1 unspecified atom stereocenters. The Bertz CT molecular complexity index is 703. The van der Waals surface area contributed by atoms with Gasteiger partial charge in [-0.3, -0.25) is 9.89 Å². The van der Waals surface area contributed by atoms with Gasteiger partial charge in [0.05, 0.1) is 12.1 Å². The molecule has 3 rings (SSSR count). The summed E-state index contributed by atoms with van der Waals surface area (Å²) in [6.45, 7) is -2.89. The Hall–Kier alpha value is -2.62. The van der Waals surface area contributed by atoms with Crippen molar-refractivity contribution in [2.45, 2.75) is 32.1 Å². The van der Waals surface area contributed by atoms with Gasteiger partial charge in [-0.25, -0.2) is 9.97 Å². The van der Waals surface area contributed by atoms with Crippen LogP contribution in [0.2, 0.25) is 0 Å². The van der Waals surface area contributed by atoms with Gasteiger partial charge >= 0.3 is 6.61 Å². The van der Waals surface area contributed by atoms with Gasteiger partial charge in [0.2, 0.25) is 5.88 Å². The van der Waals surface area contributed by atoms with E-state index in [9.17, 15) is 18.7 Å². The molecule has 1 aliphatic rings. The van der Waals surface area contributed by atoms with Crippen LogP contribution in [0.1, 0.15) is 41.0 Å². The number of alkyl halides is 2. The van der Waals surface area contributed by atoms with Gasteiger partial charge in [-0.1, -0.05) is 0 Å². The fraction of sp³-hybridized carbons (Fsp3) is 0.429. The minimum absolute atomic E-state index is 0.0819. The van der Waals surface area contributed by atoms with Crippen LogP contribution in [0.25, 0.3) is 0 Å². The smallest absolute Gasteiger partial charge is 0.388 e. The number of aliphatic hydroxyl groups is 1. The maximum Gasteiger partial charge on any atom is 0.388 e. The molecule has 0 saturated heterocycles. The predicted octanol–water partition coefficient (Wildman–Crippen LogP) is 1.17. The van der Waals surface area contributed by atoms with Crippen LogP contribution in [0.15, 0.2) is 18.3 Å². The monoisotopic (exact) mass is 339 g/mol. The molecule has 2 aromatic heterocycles. The molecule has 128 valence electrons. The standard InChI is InChI=1S/C14H15F2N5O3/c15-14(16)24-10-4-3-8(5-17-10)13(23)18-6-9-19-12(21-20-9)11(22)7-1-2-7/h3-5,7,11,14,22H,1-2,6H2,(H,18,23)(H,19,20,21). The summed E-state index contributed by atoms with van der Waals surface area (Å²) in [6.07, 6.45) is 2.37. The molecule has 1 atom stereocenters. The fourth-order valence-corrected chi connectivity index (χ4v) is 2.09. The van der Waals surface area contributed by atoms with E-state index >= 15 is 0 Å². The van der Waals surface area contributed by atoms with Crippen LogP contribution in [-0.4, -0.2) is 37.8 Å². The van der Waals surface area contributed by atoms with Gasteiger partial charge in [0.25, 0.3) is 5.91 Å². The number of aromatic nitrogens is 4. The molecule has 1 fully saturated rings. The highest BCUT2D eigenvalue weighted by molar-refractivity contribution is 5.93. The quantitative estimate of drug-likeness (QED) is 0.698. The molecule has 0 aromatic carbocycles. The van der Waals surface area contributed by atoms with E-state index in [4.69, 9.17) is 0 Å². The number of halogens is 2. The molecule has 8 nitrogen and oxygen atoms in total. The number of hydrogen-bond donors (Lipinski definition) is 3. The number of H-pyrrole nitrogens is 1. The van der Waals surface area contributed by atoms with Gasteiger partial charge < -0.3 is 15.2 Å². The second-order valence-corrected chi connectivity index (χ2v) is 5.37. The Kier molecular flexibility index (Phi) is 4.65. The largest absolute Gasteiger partial charge is 0.417 e. The Labute approximate surface area is 135 Å². The summed E-state index contributed by atoms with van der Waals surface area (Å²) in [7, 11) is 0. The van der Waals surface area contributed by atoms with Crippen molar-refractivity contribution in [1.82, 2.24) is 25.5 Å². The van der Waals surface area contributed by atoms with Crippen molar-refractivity contribution >= 4 is 5.91 Å². The van der Waals surface area contributed by atoms with Crippen molar-refractivity contribution in [3.05, 3.63) is 35.5 Å². The molecule has 2 aromatic rings. The normalized spacial score (nSPS) is 15.3. The lowest BCUT2D eigenvalue weighted by Crippen LogP contribution is -2.23. The highest BCUT2D eigenvalue weighted by Crippen LogP contribution is 2.39. The van der Waals surface area contributed by atoms with E-state index in [1.165, 1.54) is 12.1 Å². The molecule has 1 aliphatic carbocycles. The van der Waals surface area contributed by atoms with Crippen molar-refractivity contribution < 1.29 is 23.4 Å². The van der Waals surface area contributed by atoms with E-state index in [1.54, 1.807) is 0 Å². The molecule has 0 radical (unpaired) electrons. The lowest BCUT2D eigenvalue weighted by atomic mass is 10.2. The minimum atomic E-state index is -2.97. The van der Waals surface area contributed by atoms with Gasteiger partial charge in [-0.05, 0) is 24.8 Å². The van der Waals surface area contributed by atoms with E-state index in [-0.39, 0.29) is 23.9 Å². The number of ether oxygens (including phenoxy) is 1. The maximum absolute atomic E-state index is 12.0. The summed E-state index contributed by atoms with van der Waals surface area (Å²) in [5, 5.41) is 19.1. The predicted molar refractivity (Wildman–Crippen MR) is 76.1 cm³/mol. The number of rotatable bonds is 7. The SMILES string of the molecule is O=C(NCc1nc(C(O)C2CC2)n[nH]1)c1ccc(OC(F)F)nc1. The van der Waals surface area contributed by atoms with Crippen molar-refractivity contribution in [2.75, 3.05) is 0 Å². The minimum Gasteiger partial charge on any atom is -0.417 e. The van der Waals surface area contributed by atoms with Crippen molar-refractivity contribution in [2.24, 2.45) is 5.92 Å². The summed E-state index contributed by atoms with van der Waals surface area (Å²) < 4.78 is 28.2. The number of amides is 1. The molecule has 0 aliphatic heterocycles. The van der Waals surface area contributed by atoms with Crippen LogP contribution >= 0.6 is 0 Å². The zero-order chi connectivity index (χ0) is 17.1. The molecule has 24 heavy (non-hydrogen) atoms. The average molecular weight is 339 g/mol. The fourth-order valence-electron chi connectivity index (χ4n) is 2.09. The highest BCUT2D eigenvalue weighted by atomic mass is 19.3. The Morgan fingerprint density at radius 1 is 1.46 bits per heavy atom. The maximum atomic E-state index is 12.0. The summed E-state index contributed by atoms with van der Waals surface area (Å²) >= 11 is 0. The number of carbonyl (C=O) groups is 1. The number of carbonyl (C=O) groups excluding carboxylic acids is 1. The number of pyridine rings is 1. The molecule has 10 heteroatoms. The van der Waals surface area contributed by atoms with Crippen LogP contribution in [-0.2, 0) is 6.54 Å². The molecule has 1 amide bonds. The third-order valence-electron chi connectivity index (χ3n) is 3.51. The van der Waals surface area contributed by atoms with Crippen molar-refractivity contribution in [3.63, 3.8) is 0 Å². The molecule has 0 spiro atoms. The summed E-state index contributed by atoms with van der Waals surface area (Å²) in [5.41, 5.74) is 0.189. The van der Waals surface area contributed by atoms with Crippen molar-refractivity contribution in [3.8, 4) is 5.88 Å². The topological polar surface area (TPSA) is 113 Å². The summed E-state index contributed by atoms with van der Waals surface area (Å²) in [5.74, 6) is 0.214. The van der Waals surface area contributed by atoms with Gasteiger partial charge in [-0.15, -0.1) is 0 Å². The van der Waals surface area contributed by atoms with Crippen LogP contribution in [0.3, 0.4) is 0 Å². The number of aromatic amines is 1. The van der Waals surface area contributed by atoms with E-state index in [0.717, 1.165) is 19.0 Å². The van der Waals surface area contributed by atoms with Gasteiger partial charge in [0.1, 0.15) is 11.9 Å². The van der Waals surface area contributed by atoms with Gasteiger partial charge in [0, 0.05) is 12.3 Å². The number of aliphatic hydroxyl groups excluding tert-OH is 1. The lowest BCUT2D eigenvalue weighted by Gasteiger charge is -2.05. The Morgan fingerprint density at radius 2 is 2.25 bits per heavy atom. The van der Waals surface area contributed by atoms with Crippen LogP contribution in [0.4, 0.5) is 8.78 Å². The molecule has 0 bridgehead atoms. The van der Waals surface area contributed by atoms with Crippen molar-refractivity contribution in [1.29, 1.82) is 0 Å². The van der Waals surface area contributed by atoms with Crippen LogP contribution in [0.5, 0.6) is 5.88 Å². The van der Waals surface area contributed by atoms with E-state index in [0.29, 0.717) is 11.6 Å². The van der Waals surface area contributed by atoms with Gasteiger partial charge in [0.15, 0.2) is 5.82 Å². The zero-order valence-electron chi connectivity index (χ0n) is 12.4. The van der Waals surface area contributed by atoms with E-state index in [1.807, 2.05) is 0 Å². The highest BCUT2D eigenvalue weighted by Gasteiger charge is 2.33. The van der Waals surface area contributed by atoms with E-state index < -0.39 is 18.6 Å². The molecule has 3 N–H and O–H groups in total. The first-order chi connectivity index (χ1) is 11.5. The third kappa shape index (κ3) is 4.02. The first kappa shape index (κ1) is 16.2. The summed E-state index contributed by atoms with van der Waals surface area (Å²) in [4.78, 5) is 19.7. The molecular formula is C14H15F2N5O3. The second-order valence-electron chi connectivity index (χ2n) is 5.37. The van der Waals surface area contributed by atoms with E-state index in [2.05, 4.69) is 30.2 Å². The van der Waals surface area contributed by atoms with Gasteiger partial charge in [-0.2, -0.15) is 13.9 Å². The summed E-state index contributed by atoms with van der Waals surface area (Å²) in [6, 6.07) is 2.50. The zero-order valence-corrected chi connectivity index (χ0v) is 12.4. The number of nitrogens with one attached hydrogen (secondary N) is 2.